The monoisotopic (exact) mass is 286 g/mol. The van der Waals surface area contributed by atoms with Crippen molar-refractivity contribution in [2.45, 2.75) is 6.61 Å². The first-order valence-corrected chi connectivity index (χ1v) is 6.23. The number of nitrogens with zero attached hydrogens (tertiary/aromatic N) is 2. The first kappa shape index (κ1) is 14.5. The first-order chi connectivity index (χ1) is 10.1. The van der Waals surface area contributed by atoms with Crippen molar-refractivity contribution in [3.63, 3.8) is 0 Å². The molecule has 0 saturated carbocycles. The largest absolute Gasteiger partial charge is 0.489 e. The Hall–Kier alpha value is -2.89. The summed E-state index contributed by atoms with van der Waals surface area (Å²) < 4.78 is 18.4. The predicted octanol–water partition coefficient (Wildman–Crippen LogP) is 2.01. The highest BCUT2D eigenvalue weighted by molar-refractivity contribution is 5.81. The zero-order valence-corrected chi connectivity index (χ0v) is 11.2. The van der Waals surface area contributed by atoms with E-state index in [4.69, 9.17) is 16.2 Å². The van der Waals surface area contributed by atoms with Crippen LogP contribution in [-0.2, 0) is 6.61 Å². The summed E-state index contributed by atoms with van der Waals surface area (Å²) in [6, 6.07) is 13.4. The average molecular weight is 286 g/mol. The standard InChI is InChI=1S/C15H15FN4O/c16-13-5-1-12(2-6-13)10-21-14-7-3-11(4-8-14)9-19-20-15(17)18/h1-9H,10H2,(H4,17,18,20)/b19-9+. The van der Waals surface area contributed by atoms with Crippen LogP contribution in [0, 0.1) is 5.82 Å². The minimum absolute atomic E-state index is 0.0921. The molecule has 2 aromatic carbocycles. The van der Waals surface area contributed by atoms with Crippen LogP contribution >= 0.6 is 0 Å². The van der Waals surface area contributed by atoms with Crippen molar-refractivity contribution in [2.24, 2.45) is 21.7 Å². The van der Waals surface area contributed by atoms with Crippen LogP contribution in [0.3, 0.4) is 0 Å². The zero-order chi connectivity index (χ0) is 15.1. The maximum atomic E-state index is 12.8. The Morgan fingerprint density at radius 3 is 2.33 bits per heavy atom. The van der Waals surface area contributed by atoms with E-state index in [2.05, 4.69) is 10.2 Å². The van der Waals surface area contributed by atoms with Gasteiger partial charge < -0.3 is 16.2 Å². The maximum Gasteiger partial charge on any atom is 0.211 e. The van der Waals surface area contributed by atoms with E-state index in [-0.39, 0.29) is 11.8 Å². The number of ether oxygens (including phenoxy) is 1. The number of hydrogen-bond donors (Lipinski definition) is 2. The highest BCUT2D eigenvalue weighted by Crippen LogP contribution is 2.13. The molecule has 21 heavy (non-hydrogen) atoms. The maximum absolute atomic E-state index is 12.8. The Labute approximate surface area is 121 Å². The van der Waals surface area contributed by atoms with Crippen molar-refractivity contribution in [1.29, 1.82) is 0 Å². The van der Waals surface area contributed by atoms with E-state index in [0.29, 0.717) is 12.4 Å². The van der Waals surface area contributed by atoms with Crippen LogP contribution < -0.4 is 16.2 Å². The Morgan fingerprint density at radius 1 is 1.05 bits per heavy atom. The molecule has 0 radical (unpaired) electrons. The second kappa shape index (κ2) is 7.04. The van der Waals surface area contributed by atoms with Crippen LogP contribution in [0.1, 0.15) is 11.1 Å². The molecule has 0 heterocycles. The highest BCUT2D eigenvalue weighted by atomic mass is 19.1. The molecular formula is C15H15FN4O. The molecule has 0 aliphatic rings. The lowest BCUT2D eigenvalue weighted by molar-refractivity contribution is 0.306. The topological polar surface area (TPSA) is 86.0 Å². The van der Waals surface area contributed by atoms with Crippen molar-refractivity contribution in [3.05, 3.63) is 65.5 Å². The lowest BCUT2D eigenvalue weighted by atomic mass is 10.2. The molecule has 0 aromatic heterocycles. The number of nitrogens with two attached hydrogens (primary N) is 2. The average Bonchev–Trinajstić information content (AvgIpc) is 2.48. The van der Waals surface area contributed by atoms with Crippen LogP contribution in [0.15, 0.2) is 58.7 Å². The predicted molar refractivity (Wildman–Crippen MR) is 80.6 cm³/mol. The molecule has 6 heteroatoms. The van der Waals surface area contributed by atoms with Crippen molar-refractivity contribution in [3.8, 4) is 5.75 Å². The summed E-state index contributed by atoms with van der Waals surface area (Å²) in [6.45, 7) is 0.377. The zero-order valence-electron chi connectivity index (χ0n) is 11.2. The van der Waals surface area contributed by atoms with Crippen molar-refractivity contribution < 1.29 is 9.13 Å². The minimum Gasteiger partial charge on any atom is -0.489 e. The second-order valence-electron chi connectivity index (χ2n) is 4.25. The Bertz CT molecular complexity index is 632. The first-order valence-electron chi connectivity index (χ1n) is 6.23. The third-order valence-electron chi connectivity index (χ3n) is 2.58. The molecule has 2 rings (SSSR count). The van der Waals surface area contributed by atoms with Gasteiger partial charge in [0.15, 0.2) is 0 Å². The number of guanidine groups is 1. The van der Waals surface area contributed by atoms with Crippen molar-refractivity contribution in [2.75, 3.05) is 0 Å². The van der Waals surface area contributed by atoms with Crippen LogP contribution in [0.5, 0.6) is 5.75 Å². The Balaban J connectivity index is 1.91. The van der Waals surface area contributed by atoms with E-state index < -0.39 is 0 Å². The summed E-state index contributed by atoms with van der Waals surface area (Å²) in [5.74, 6) is 0.354. The second-order valence-corrected chi connectivity index (χ2v) is 4.25. The van der Waals surface area contributed by atoms with Crippen LogP contribution in [-0.4, -0.2) is 12.2 Å². The molecule has 0 amide bonds. The van der Waals surface area contributed by atoms with Gasteiger partial charge in [-0.1, -0.05) is 12.1 Å². The molecule has 0 spiro atoms. The van der Waals surface area contributed by atoms with E-state index >= 15 is 0 Å². The van der Waals surface area contributed by atoms with E-state index in [0.717, 1.165) is 11.1 Å². The van der Waals surface area contributed by atoms with E-state index in [1.807, 2.05) is 12.1 Å². The quantitative estimate of drug-likeness (QED) is 0.501. The molecule has 0 unspecified atom stereocenters. The van der Waals surface area contributed by atoms with Gasteiger partial charge in [0.1, 0.15) is 18.2 Å². The smallest absolute Gasteiger partial charge is 0.211 e. The SMILES string of the molecule is NC(N)=N/N=C/c1ccc(OCc2ccc(F)cc2)cc1. The molecular weight excluding hydrogens is 271 g/mol. The van der Waals surface area contributed by atoms with Gasteiger partial charge in [-0.3, -0.25) is 0 Å². The van der Waals surface area contributed by atoms with Crippen molar-refractivity contribution >= 4 is 12.2 Å². The summed E-state index contributed by atoms with van der Waals surface area (Å²) in [6.07, 6.45) is 1.53. The van der Waals surface area contributed by atoms with Gasteiger partial charge in [-0.25, -0.2) is 4.39 Å². The van der Waals surface area contributed by atoms with Gasteiger partial charge in [0.05, 0.1) is 6.21 Å². The normalized spacial score (nSPS) is 10.5. The highest BCUT2D eigenvalue weighted by Gasteiger charge is 1.97. The number of halogens is 1. The lowest BCUT2D eigenvalue weighted by Crippen LogP contribution is -2.21. The van der Waals surface area contributed by atoms with Gasteiger partial charge in [0.2, 0.25) is 5.96 Å². The molecule has 0 fully saturated rings. The summed E-state index contributed by atoms with van der Waals surface area (Å²) in [5.41, 5.74) is 12.1. The van der Waals surface area contributed by atoms with Gasteiger partial charge >= 0.3 is 0 Å². The molecule has 5 nitrogen and oxygen atoms in total. The fourth-order valence-electron chi connectivity index (χ4n) is 1.56. The number of rotatable bonds is 5. The number of benzene rings is 2. The summed E-state index contributed by atoms with van der Waals surface area (Å²) in [5, 5.41) is 7.21. The fourth-order valence-corrected chi connectivity index (χ4v) is 1.56. The minimum atomic E-state index is -0.261. The van der Waals surface area contributed by atoms with Gasteiger partial charge in [-0.15, -0.1) is 5.10 Å². The summed E-state index contributed by atoms with van der Waals surface area (Å²) >= 11 is 0. The number of hydrogen-bond acceptors (Lipinski definition) is 3. The van der Waals surface area contributed by atoms with Crippen molar-refractivity contribution in [1.82, 2.24) is 0 Å². The third-order valence-corrected chi connectivity index (χ3v) is 2.58. The molecule has 0 saturated heterocycles. The lowest BCUT2D eigenvalue weighted by Gasteiger charge is -2.06. The van der Waals surface area contributed by atoms with E-state index in [9.17, 15) is 4.39 Å². The van der Waals surface area contributed by atoms with Gasteiger partial charge in [-0.2, -0.15) is 5.10 Å². The third kappa shape index (κ3) is 4.94. The molecule has 0 bridgehead atoms. The fraction of sp³-hybridized carbons (Fsp3) is 0.0667. The van der Waals surface area contributed by atoms with Gasteiger partial charge in [0.25, 0.3) is 0 Å². The Kier molecular flexibility index (Phi) is 4.87. The van der Waals surface area contributed by atoms with Crippen LogP contribution in [0.25, 0.3) is 0 Å². The summed E-state index contributed by atoms with van der Waals surface area (Å²) in [7, 11) is 0. The van der Waals surface area contributed by atoms with E-state index in [1.165, 1.54) is 18.3 Å². The van der Waals surface area contributed by atoms with Crippen LogP contribution in [0.2, 0.25) is 0 Å². The molecule has 108 valence electrons. The molecule has 4 N–H and O–H groups in total. The van der Waals surface area contributed by atoms with E-state index in [1.54, 1.807) is 24.3 Å². The molecule has 0 atom stereocenters. The van der Waals surface area contributed by atoms with Gasteiger partial charge in [0, 0.05) is 0 Å². The molecule has 2 aromatic rings. The Morgan fingerprint density at radius 2 is 1.71 bits per heavy atom. The molecule has 0 aliphatic heterocycles. The van der Waals surface area contributed by atoms with Gasteiger partial charge in [-0.05, 0) is 47.5 Å². The van der Waals surface area contributed by atoms with Crippen LogP contribution in [0.4, 0.5) is 4.39 Å². The summed E-state index contributed by atoms with van der Waals surface area (Å²) in [4.78, 5) is 0. The molecule has 0 aliphatic carbocycles.